The number of hydrogen-bond donors (Lipinski definition) is 2. The first kappa shape index (κ1) is 16.9. The molecule has 0 aromatic carbocycles. The molecule has 21 heavy (non-hydrogen) atoms. The molecule has 0 aliphatic heterocycles. The third-order valence-electron chi connectivity index (χ3n) is 3.20. The van der Waals surface area contributed by atoms with Crippen LogP contribution in [0.1, 0.15) is 31.6 Å². The molecule has 2 N–H and O–H groups in total. The second kappa shape index (κ2) is 6.75. The molecule has 0 spiro atoms. The van der Waals surface area contributed by atoms with Crippen LogP contribution in [-0.2, 0) is 21.2 Å². The summed E-state index contributed by atoms with van der Waals surface area (Å²) in [5.41, 5.74) is -0.620. The summed E-state index contributed by atoms with van der Waals surface area (Å²) in [6.45, 7) is 4.85. The Balaban J connectivity index is 1.94. The Morgan fingerprint density at radius 2 is 2.10 bits per heavy atom. The normalized spacial score (nSPS) is 16.3. The van der Waals surface area contributed by atoms with Gasteiger partial charge in [-0.25, -0.2) is 13.1 Å². The number of methoxy groups -OCH3 is 1. The Morgan fingerprint density at radius 3 is 2.71 bits per heavy atom. The number of hydrogen-bond acceptors (Lipinski definition) is 5. The number of nitrogens with one attached hydrogen (secondary N) is 2. The van der Waals surface area contributed by atoms with Crippen LogP contribution < -0.4 is 10.0 Å². The van der Waals surface area contributed by atoms with Crippen molar-refractivity contribution in [3.8, 4) is 0 Å². The first-order valence-electron chi connectivity index (χ1n) is 7.17. The molecule has 5 nitrogen and oxygen atoms in total. The van der Waals surface area contributed by atoms with Gasteiger partial charge in [-0.1, -0.05) is 0 Å². The molecular weight excluding hydrogens is 308 g/mol. The van der Waals surface area contributed by atoms with Gasteiger partial charge in [-0.05, 0) is 45.2 Å². The molecule has 2 rings (SSSR count). The van der Waals surface area contributed by atoms with Crippen molar-refractivity contribution in [2.45, 2.75) is 48.9 Å². The lowest BCUT2D eigenvalue weighted by atomic mass is 10.1. The van der Waals surface area contributed by atoms with Crippen molar-refractivity contribution in [2.24, 2.45) is 0 Å². The predicted molar refractivity (Wildman–Crippen MR) is 85.3 cm³/mol. The lowest BCUT2D eigenvalue weighted by molar-refractivity contribution is 0.141. The summed E-state index contributed by atoms with van der Waals surface area (Å²) in [6.07, 6.45) is 3.41. The molecule has 0 bridgehead atoms. The minimum Gasteiger partial charge on any atom is -0.383 e. The number of rotatable bonds is 9. The first-order chi connectivity index (χ1) is 9.82. The van der Waals surface area contributed by atoms with E-state index in [-0.39, 0.29) is 0 Å². The van der Waals surface area contributed by atoms with Gasteiger partial charge < -0.3 is 10.1 Å². The van der Waals surface area contributed by atoms with E-state index in [2.05, 4.69) is 10.0 Å². The van der Waals surface area contributed by atoms with E-state index >= 15 is 0 Å². The molecule has 0 atom stereocenters. The smallest absolute Gasteiger partial charge is 0.250 e. The van der Waals surface area contributed by atoms with Gasteiger partial charge in [0.05, 0.1) is 12.1 Å². The van der Waals surface area contributed by atoms with Crippen LogP contribution in [0.3, 0.4) is 0 Å². The van der Waals surface area contributed by atoms with Crippen LogP contribution in [0.2, 0.25) is 0 Å². The molecule has 1 saturated carbocycles. The minimum atomic E-state index is -3.48. The van der Waals surface area contributed by atoms with Gasteiger partial charge in [-0.15, -0.1) is 11.3 Å². The van der Waals surface area contributed by atoms with Crippen LogP contribution in [0, 0.1) is 0 Å². The van der Waals surface area contributed by atoms with E-state index in [1.807, 2.05) is 19.9 Å². The van der Waals surface area contributed by atoms with Crippen molar-refractivity contribution < 1.29 is 13.2 Å². The Kier molecular flexibility index (Phi) is 5.43. The molecule has 120 valence electrons. The van der Waals surface area contributed by atoms with Crippen LogP contribution in [0.15, 0.2) is 16.3 Å². The molecular formula is C14H24N2O3S2. The molecule has 7 heteroatoms. The Bertz CT molecular complexity index is 563. The Labute approximate surface area is 131 Å². The van der Waals surface area contributed by atoms with Gasteiger partial charge in [-0.3, -0.25) is 0 Å². The van der Waals surface area contributed by atoms with Crippen molar-refractivity contribution in [1.82, 2.24) is 10.0 Å². The molecule has 0 unspecified atom stereocenters. The van der Waals surface area contributed by atoms with Crippen LogP contribution in [0.25, 0.3) is 0 Å². The SMILES string of the molecule is COCC(C)(C)NS(=O)(=O)c1ccc(CCNC2CC2)s1. The lowest BCUT2D eigenvalue weighted by Gasteiger charge is -2.24. The van der Waals surface area contributed by atoms with E-state index in [0.717, 1.165) is 17.8 Å². The molecule has 1 heterocycles. The van der Waals surface area contributed by atoms with Gasteiger partial charge in [0.1, 0.15) is 4.21 Å². The molecule has 1 aromatic rings. The zero-order valence-corrected chi connectivity index (χ0v) is 14.4. The van der Waals surface area contributed by atoms with Crippen LogP contribution in [0.5, 0.6) is 0 Å². The summed E-state index contributed by atoms with van der Waals surface area (Å²) in [5, 5.41) is 3.43. The third kappa shape index (κ3) is 5.34. The highest BCUT2D eigenvalue weighted by Crippen LogP contribution is 2.24. The van der Waals surface area contributed by atoms with Crippen molar-refractivity contribution in [3.63, 3.8) is 0 Å². The Morgan fingerprint density at radius 1 is 1.38 bits per heavy atom. The second-order valence-electron chi connectivity index (χ2n) is 6.12. The third-order valence-corrected chi connectivity index (χ3v) is 6.53. The quantitative estimate of drug-likeness (QED) is 0.723. The molecule has 0 saturated heterocycles. The molecule has 1 aromatic heterocycles. The minimum absolute atomic E-state index is 0.329. The second-order valence-corrected chi connectivity index (χ2v) is 9.20. The fraction of sp³-hybridized carbons (Fsp3) is 0.714. The van der Waals surface area contributed by atoms with E-state index < -0.39 is 15.6 Å². The Hall–Kier alpha value is -0.470. The highest BCUT2D eigenvalue weighted by molar-refractivity contribution is 7.91. The first-order valence-corrected chi connectivity index (χ1v) is 9.47. The maximum atomic E-state index is 12.4. The summed E-state index contributed by atoms with van der Waals surface area (Å²) < 4.78 is 32.8. The fourth-order valence-corrected chi connectivity index (χ4v) is 4.88. The molecule has 1 aliphatic rings. The summed E-state index contributed by atoms with van der Waals surface area (Å²) in [7, 11) is -1.92. The van der Waals surface area contributed by atoms with Gasteiger partial charge in [0.2, 0.25) is 0 Å². The molecule has 0 amide bonds. The predicted octanol–water partition coefficient (Wildman–Crippen LogP) is 1.75. The zero-order valence-electron chi connectivity index (χ0n) is 12.8. The monoisotopic (exact) mass is 332 g/mol. The number of thiophene rings is 1. The highest BCUT2D eigenvalue weighted by Gasteiger charge is 2.27. The highest BCUT2D eigenvalue weighted by atomic mass is 32.2. The molecule has 1 aliphatic carbocycles. The van der Waals surface area contributed by atoms with Gasteiger partial charge in [0.15, 0.2) is 0 Å². The van der Waals surface area contributed by atoms with Gasteiger partial charge in [0, 0.05) is 24.6 Å². The van der Waals surface area contributed by atoms with E-state index in [9.17, 15) is 8.42 Å². The number of sulfonamides is 1. The number of ether oxygens (including phenoxy) is 1. The largest absolute Gasteiger partial charge is 0.383 e. The molecule has 1 fully saturated rings. The maximum absolute atomic E-state index is 12.4. The van der Waals surface area contributed by atoms with E-state index in [1.165, 1.54) is 24.2 Å². The van der Waals surface area contributed by atoms with Crippen molar-refractivity contribution in [1.29, 1.82) is 0 Å². The van der Waals surface area contributed by atoms with E-state index in [1.54, 1.807) is 13.2 Å². The standard InChI is InChI=1S/C14H24N2O3S2/c1-14(2,10-19-3)16-21(17,18)13-7-6-12(20-13)8-9-15-11-4-5-11/h6-7,11,15-16H,4-5,8-10H2,1-3H3. The summed E-state index contributed by atoms with van der Waals surface area (Å²) in [5.74, 6) is 0. The topological polar surface area (TPSA) is 67.4 Å². The van der Waals surface area contributed by atoms with Gasteiger partial charge >= 0.3 is 0 Å². The average Bonchev–Trinajstić information content (AvgIpc) is 3.03. The van der Waals surface area contributed by atoms with Gasteiger partial charge in [-0.2, -0.15) is 0 Å². The van der Waals surface area contributed by atoms with Crippen molar-refractivity contribution >= 4 is 21.4 Å². The summed E-state index contributed by atoms with van der Waals surface area (Å²) in [6, 6.07) is 4.27. The summed E-state index contributed by atoms with van der Waals surface area (Å²) in [4.78, 5) is 1.09. The van der Waals surface area contributed by atoms with Crippen molar-refractivity contribution in [3.05, 3.63) is 17.0 Å². The lowest BCUT2D eigenvalue weighted by Crippen LogP contribution is -2.46. The van der Waals surface area contributed by atoms with E-state index in [4.69, 9.17) is 4.74 Å². The van der Waals surface area contributed by atoms with E-state index in [0.29, 0.717) is 16.9 Å². The van der Waals surface area contributed by atoms with Gasteiger partial charge in [0.25, 0.3) is 10.0 Å². The maximum Gasteiger partial charge on any atom is 0.250 e. The van der Waals surface area contributed by atoms with Crippen LogP contribution in [-0.4, -0.2) is 40.3 Å². The zero-order chi connectivity index (χ0) is 15.5. The molecule has 0 radical (unpaired) electrons. The van der Waals surface area contributed by atoms with Crippen molar-refractivity contribution in [2.75, 3.05) is 20.3 Å². The average molecular weight is 332 g/mol. The van der Waals surface area contributed by atoms with Crippen LogP contribution in [0.4, 0.5) is 0 Å². The van der Waals surface area contributed by atoms with Crippen LogP contribution >= 0.6 is 11.3 Å². The summed E-state index contributed by atoms with van der Waals surface area (Å²) >= 11 is 1.34. The fourth-order valence-electron chi connectivity index (χ4n) is 2.13.